The van der Waals surface area contributed by atoms with Crippen molar-refractivity contribution in [2.24, 2.45) is 11.8 Å². The van der Waals surface area contributed by atoms with E-state index in [1.807, 2.05) is 0 Å². The number of hydrogen-bond donors (Lipinski definition) is 2. The van der Waals surface area contributed by atoms with E-state index in [0.717, 1.165) is 0 Å². The van der Waals surface area contributed by atoms with Gasteiger partial charge in [-0.15, -0.1) is 0 Å². The maximum Gasteiger partial charge on any atom is 0.459 e. The summed E-state index contributed by atoms with van der Waals surface area (Å²) in [6.45, 7) is 11.6. The first kappa shape index (κ1) is 41.1. The minimum Gasteiger partial charge on any atom is -0.477 e. The number of carbonyl (C=O) groups excluding carboxylic acids is 3. The Bertz CT molecular complexity index is 1780. The number of nitrogens with zero attached hydrogens (tertiary/aromatic N) is 4. The van der Waals surface area contributed by atoms with Crippen LogP contribution in [0.15, 0.2) is 49.1 Å². The number of nitrogens with two attached hydrogens (primary N) is 1. The molecule has 0 saturated carbocycles. The number of para-hydroxylation sites is 1. The molecule has 1 aliphatic rings. The summed E-state index contributed by atoms with van der Waals surface area (Å²) in [6.07, 6.45) is -1.53. The normalized spacial score (nSPS) is 21.6. The van der Waals surface area contributed by atoms with E-state index in [1.54, 1.807) is 52.8 Å². The molecule has 6 atom stereocenters. The van der Waals surface area contributed by atoms with E-state index in [-0.39, 0.29) is 29.9 Å². The molecule has 2 aromatic heterocycles. The Hall–Kier alpha value is -4.64. The first-order valence-electron chi connectivity index (χ1n) is 17.0. The highest BCUT2D eigenvalue weighted by Gasteiger charge is 2.62. The lowest BCUT2D eigenvalue weighted by atomic mass is 10.1. The van der Waals surface area contributed by atoms with Crippen LogP contribution in [0, 0.1) is 11.8 Å². The van der Waals surface area contributed by atoms with Gasteiger partial charge in [-0.05, 0) is 39.8 Å². The summed E-state index contributed by atoms with van der Waals surface area (Å²) >= 11 is 0. The van der Waals surface area contributed by atoms with Gasteiger partial charge in [-0.25, -0.2) is 18.9 Å². The fourth-order valence-electron chi connectivity index (χ4n) is 4.81. The quantitative estimate of drug-likeness (QED) is 0.107. The van der Waals surface area contributed by atoms with Crippen LogP contribution in [-0.4, -0.2) is 80.8 Å². The fraction of sp³-hybridized carbons (Fsp3) is 0.529. The lowest BCUT2D eigenvalue weighted by molar-refractivity contribution is -0.216. The van der Waals surface area contributed by atoms with Gasteiger partial charge >= 0.3 is 25.7 Å². The Morgan fingerprint density at radius 3 is 2.30 bits per heavy atom. The summed E-state index contributed by atoms with van der Waals surface area (Å²) in [7, 11) is -4.65. The van der Waals surface area contributed by atoms with Crippen molar-refractivity contribution in [3.8, 4) is 22.9 Å². The first-order valence-corrected chi connectivity index (χ1v) is 18.5. The molecule has 53 heavy (non-hydrogen) atoms. The molecule has 0 aliphatic carbocycles. The molecule has 0 bridgehead atoms. The molecule has 0 spiro atoms. The van der Waals surface area contributed by atoms with Crippen molar-refractivity contribution < 1.29 is 56.1 Å². The van der Waals surface area contributed by atoms with Crippen molar-refractivity contribution >= 4 is 31.6 Å². The van der Waals surface area contributed by atoms with Gasteiger partial charge < -0.3 is 38.5 Å². The van der Waals surface area contributed by atoms with Gasteiger partial charge in [0.1, 0.15) is 18.4 Å². The number of rotatable bonds is 17. The highest BCUT2D eigenvalue weighted by atomic mass is 31.2. The highest BCUT2D eigenvalue weighted by Crippen LogP contribution is 2.49. The highest BCUT2D eigenvalue weighted by molar-refractivity contribution is 7.52. The Morgan fingerprint density at radius 1 is 1.02 bits per heavy atom. The predicted molar refractivity (Wildman–Crippen MR) is 187 cm³/mol. The number of alkyl halides is 1. The van der Waals surface area contributed by atoms with E-state index in [0.29, 0.717) is 5.56 Å². The minimum atomic E-state index is -4.65. The van der Waals surface area contributed by atoms with Crippen LogP contribution in [0.3, 0.4) is 0 Å². The van der Waals surface area contributed by atoms with Crippen molar-refractivity contribution in [1.29, 1.82) is 0 Å². The van der Waals surface area contributed by atoms with Crippen LogP contribution in [0.25, 0.3) is 11.3 Å². The van der Waals surface area contributed by atoms with Crippen LogP contribution in [0.4, 0.5) is 10.3 Å². The summed E-state index contributed by atoms with van der Waals surface area (Å²) < 4.78 is 72.5. The third kappa shape index (κ3) is 10.5. The van der Waals surface area contributed by atoms with Gasteiger partial charge in [-0.2, -0.15) is 10.1 Å². The van der Waals surface area contributed by atoms with Crippen molar-refractivity contribution in [3.63, 3.8) is 0 Å². The average molecular weight is 765 g/mol. The minimum absolute atomic E-state index is 0.0392. The van der Waals surface area contributed by atoms with Crippen LogP contribution in [0.2, 0.25) is 0 Å². The van der Waals surface area contributed by atoms with E-state index >= 15 is 4.39 Å². The molecule has 3 heterocycles. The zero-order valence-electron chi connectivity index (χ0n) is 30.8. The smallest absolute Gasteiger partial charge is 0.459 e. The van der Waals surface area contributed by atoms with Crippen molar-refractivity contribution in [1.82, 2.24) is 24.6 Å². The first-order chi connectivity index (χ1) is 24.9. The van der Waals surface area contributed by atoms with E-state index < -0.39 is 80.5 Å². The Morgan fingerprint density at radius 2 is 1.68 bits per heavy atom. The Balaban J connectivity index is 1.75. The maximum atomic E-state index is 17.5. The molecular formula is C34H46FN6O11P. The van der Waals surface area contributed by atoms with Crippen LogP contribution in [0.1, 0.15) is 61.6 Å². The number of nitrogen functional groups attached to an aromatic ring is 1. The lowest BCUT2D eigenvalue weighted by Crippen LogP contribution is -2.48. The van der Waals surface area contributed by atoms with Gasteiger partial charge in [0.2, 0.25) is 17.9 Å². The predicted octanol–water partition coefficient (Wildman–Crippen LogP) is 4.78. The Labute approximate surface area is 306 Å². The number of anilines is 1. The zero-order chi connectivity index (χ0) is 39.1. The number of esters is 3. The maximum absolute atomic E-state index is 17.5. The molecule has 1 saturated heterocycles. The number of benzene rings is 1. The molecule has 290 valence electrons. The second kappa shape index (κ2) is 17.5. The zero-order valence-corrected chi connectivity index (χ0v) is 31.7. The van der Waals surface area contributed by atoms with Crippen LogP contribution < -0.4 is 20.1 Å². The number of halogens is 1. The largest absolute Gasteiger partial charge is 0.477 e. The molecule has 1 unspecified atom stereocenters. The topological polar surface area (TPSA) is 215 Å². The number of aromatic nitrogens is 4. The Kier molecular flexibility index (Phi) is 13.5. The number of nitrogens with one attached hydrogen (secondary N) is 1. The number of hydrogen-bond acceptors (Lipinski definition) is 15. The van der Waals surface area contributed by atoms with Crippen LogP contribution in [0.5, 0.6) is 11.6 Å². The third-order valence-corrected chi connectivity index (χ3v) is 9.06. The van der Waals surface area contributed by atoms with Crippen LogP contribution in [-0.2, 0) is 42.4 Å². The second-order valence-corrected chi connectivity index (χ2v) is 14.7. The van der Waals surface area contributed by atoms with E-state index in [2.05, 4.69) is 20.0 Å². The molecular weight excluding hydrogens is 718 g/mol. The van der Waals surface area contributed by atoms with Gasteiger partial charge in [0, 0.05) is 12.4 Å². The van der Waals surface area contributed by atoms with Crippen LogP contribution >= 0.6 is 7.75 Å². The molecule has 1 aliphatic heterocycles. The SMILES string of the molecule is CCOc1nc(N)ncc1-c1cn([C@@H]2O[C@](F)(CO[P@@](=O)(N[C@@H](C)C(=O)OC(C)C)Oc3ccccc3)C(OC(=O)C(C)C)[C@@H]2OC(=O)C(C)C)cn1. The molecule has 19 heteroatoms. The number of ether oxygens (including phenoxy) is 5. The van der Waals surface area contributed by atoms with E-state index in [1.165, 1.54) is 56.2 Å². The van der Waals surface area contributed by atoms with E-state index in [4.69, 9.17) is 38.5 Å². The molecule has 17 nitrogen and oxygen atoms in total. The summed E-state index contributed by atoms with van der Waals surface area (Å²) in [6, 6.07) is 6.56. The molecule has 0 radical (unpaired) electrons. The molecule has 3 aromatic rings. The second-order valence-electron chi connectivity index (χ2n) is 13.0. The van der Waals surface area contributed by atoms with Crippen molar-refractivity contribution in [3.05, 3.63) is 49.1 Å². The summed E-state index contributed by atoms with van der Waals surface area (Å²) in [5, 5.41) is 2.48. The van der Waals surface area contributed by atoms with Gasteiger partial charge in [0.15, 0.2) is 12.3 Å². The summed E-state index contributed by atoms with van der Waals surface area (Å²) in [5.74, 6) is -6.82. The molecule has 4 rings (SSSR count). The molecule has 3 N–H and O–H groups in total. The standard InChI is InChI=1S/C34H46FN6O11P/c1-9-46-28-24(15-37-33(36)39-28)25-16-41(18-38-25)29-26(49-30(42)19(2)3)27(50-31(43)20(4)5)34(35,51-29)17-47-53(45,52-23-13-11-10-12-14-23)40-22(8)32(44)48-21(6)7/h10-16,18-22,26-27,29H,9,17H2,1-8H3,(H,40,45)(H2,36,37,39)/t22-,26-,27?,29+,34+,53-/m0/s1. The molecule has 1 fully saturated rings. The number of imidazole rings is 1. The summed E-state index contributed by atoms with van der Waals surface area (Å²) in [4.78, 5) is 51.3. The lowest BCUT2D eigenvalue weighted by Gasteiger charge is -2.30. The van der Waals surface area contributed by atoms with Gasteiger partial charge in [-0.1, -0.05) is 45.9 Å². The molecule has 1 aromatic carbocycles. The van der Waals surface area contributed by atoms with Gasteiger partial charge in [-0.3, -0.25) is 18.9 Å². The van der Waals surface area contributed by atoms with Gasteiger partial charge in [0.05, 0.1) is 42.1 Å². The van der Waals surface area contributed by atoms with E-state index in [9.17, 15) is 18.9 Å². The summed E-state index contributed by atoms with van der Waals surface area (Å²) in [5.41, 5.74) is 6.34. The molecule has 0 amide bonds. The fourth-order valence-corrected chi connectivity index (χ4v) is 6.31. The number of carbonyl (C=O) groups is 3. The van der Waals surface area contributed by atoms with Crippen molar-refractivity contribution in [2.75, 3.05) is 18.9 Å². The third-order valence-electron chi connectivity index (χ3n) is 7.44. The average Bonchev–Trinajstić information content (AvgIpc) is 3.67. The monoisotopic (exact) mass is 764 g/mol. The van der Waals surface area contributed by atoms with Crippen molar-refractivity contribution in [2.45, 2.75) is 91.8 Å². The van der Waals surface area contributed by atoms with Gasteiger partial charge in [0.25, 0.3) is 5.85 Å².